The van der Waals surface area contributed by atoms with Gasteiger partial charge >= 0.3 is 0 Å². The van der Waals surface area contributed by atoms with Gasteiger partial charge in [-0.3, -0.25) is 4.79 Å². The van der Waals surface area contributed by atoms with E-state index in [0.717, 1.165) is 20.9 Å². The van der Waals surface area contributed by atoms with Gasteiger partial charge in [0, 0.05) is 48.3 Å². The number of morpholine rings is 1. The minimum Gasteiger partial charge on any atom is -0.378 e. The third kappa shape index (κ3) is 4.16. The van der Waals surface area contributed by atoms with Gasteiger partial charge in [0.1, 0.15) is 6.04 Å². The molecule has 1 saturated heterocycles. The van der Waals surface area contributed by atoms with E-state index in [9.17, 15) is 4.79 Å². The summed E-state index contributed by atoms with van der Waals surface area (Å²) < 4.78 is 7.99. The lowest BCUT2D eigenvalue weighted by molar-refractivity contribution is -0.137. The van der Waals surface area contributed by atoms with Gasteiger partial charge in [-0.2, -0.15) is 4.52 Å². The highest BCUT2D eigenvalue weighted by Crippen LogP contribution is 2.29. The van der Waals surface area contributed by atoms with Gasteiger partial charge in [0.2, 0.25) is 11.9 Å². The Balaban J connectivity index is 1.60. The van der Waals surface area contributed by atoms with Crippen LogP contribution in [-0.2, 0) is 9.53 Å². The molecule has 10 nitrogen and oxygen atoms in total. The number of aromatic nitrogens is 4. The Labute approximate surface area is 200 Å². The van der Waals surface area contributed by atoms with Crippen LogP contribution in [-0.4, -0.2) is 81.3 Å². The number of carbonyl (C=O) groups is 1. The van der Waals surface area contributed by atoms with E-state index >= 15 is 0 Å². The van der Waals surface area contributed by atoms with E-state index in [0.29, 0.717) is 50.3 Å². The van der Waals surface area contributed by atoms with Crippen LogP contribution in [0, 0.1) is 5.92 Å². The van der Waals surface area contributed by atoms with Gasteiger partial charge in [0.05, 0.1) is 18.7 Å². The number of ether oxygens (including phenoxy) is 1. The van der Waals surface area contributed by atoms with Crippen LogP contribution in [0.25, 0.3) is 22.1 Å². The molecule has 0 unspecified atom stereocenters. The summed E-state index contributed by atoms with van der Waals surface area (Å²) in [4.78, 5) is 24.9. The van der Waals surface area contributed by atoms with Gasteiger partial charge in [-0.25, -0.2) is 15.4 Å². The number of hydrogen-bond donors (Lipinski definition) is 2. The lowest BCUT2D eigenvalue weighted by Crippen LogP contribution is -2.50. The molecule has 33 heavy (non-hydrogen) atoms. The average molecular weight is 515 g/mol. The fourth-order valence-corrected chi connectivity index (χ4v) is 4.59. The highest BCUT2D eigenvalue weighted by molar-refractivity contribution is 9.10. The van der Waals surface area contributed by atoms with E-state index in [-0.39, 0.29) is 11.8 Å². The van der Waals surface area contributed by atoms with E-state index in [1.807, 2.05) is 55.2 Å². The van der Waals surface area contributed by atoms with Gasteiger partial charge in [0.15, 0.2) is 11.5 Å². The molecular formula is C22H27BrN8O2. The molecule has 1 amide bonds. The largest absolute Gasteiger partial charge is 0.378 e. The lowest BCUT2D eigenvalue weighted by Gasteiger charge is -2.32. The number of amides is 1. The molecule has 11 heteroatoms. The SMILES string of the molecule is CC(C)[C@@H](Nc1nc2c(Br)cccc2c2nc(C3=CN(C)NC3)nn12)C(=O)N1CCOCC1. The number of rotatable bonds is 5. The zero-order chi connectivity index (χ0) is 23.1. The Morgan fingerprint density at radius 3 is 2.73 bits per heavy atom. The average Bonchev–Trinajstić information content (AvgIpc) is 3.44. The number of anilines is 1. The predicted molar refractivity (Wildman–Crippen MR) is 129 cm³/mol. The zero-order valence-electron chi connectivity index (χ0n) is 18.9. The Morgan fingerprint density at radius 1 is 1.24 bits per heavy atom. The summed E-state index contributed by atoms with van der Waals surface area (Å²) in [5, 5.41) is 11.0. The fraction of sp³-hybridized carbons (Fsp3) is 0.455. The first-order chi connectivity index (χ1) is 15.9. The third-order valence-corrected chi connectivity index (χ3v) is 6.59. The number of halogens is 1. The van der Waals surface area contributed by atoms with Crippen LogP contribution in [0.1, 0.15) is 19.7 Å². The minimum absolute atomic E-state index is 0.0418. The van der Waals surface area contributed by atoms with Crippen molar-refractivity contribution >= 4 is 49.9 Å². The molecule has 0 saturated carbocycles. The molecule has 3 aromatic rings. The maximum atomic E-state index is 13.4. The molecule has 0 radical (unpaired) electrons. The van der Waals surface area contributed by atoms with Crippen LogP contribution in [0.15, 0.2) is 28.9 Å². The molecule has 5 rings (SSSR count). The summed E-state index contributed by atoms with van der Waals surface area (Å²) in [5.74, 6) is 1.21. The second kappa shape index (κ2) is 8.88. The van der Waals surface area contributed by atoms with Crippen molar-refractivity contribution in [2.75, 3.05) is 45.2 Å². The summed E-state index contributed by atoms with van der Waals surface area (Å²) in [6.07, 6.45) is 1.98. The second-order valence-corrected chi connectivity index (χ2v) is 9.50. The molecule has 2 aromatic heterocycles. The third-order valence-electron chi connectivity index (χ3n) is 5.95. The molecule has 0 aliphatic carbocycles. The monoisotopic (exact) mass is 514 g/mol. The van der Waals surface area contributed by atoms with Gasteiger partial charge in [0.25, 0.3) is 0 Å². The maximum Gasteiger partial charge on any atom is 0.245 e. The van der Waals surface area contributed by atoms with Crippen LogP contribution >= 0.6 is 15.9 Å². The van der Waals surface area contributed by atoms with E-state index in [1.54, 1.807) is 4.52 Å². The molecule has 174 valence electrons. The predicted octanol–water partition coefficient (Wildman–Crippen LogP) is 2.13. The first kappa shape index (κ1) is 22.1. The summed E-state index contributed by atoms with van der Waals surface area (Å²) >= 11 is 3.62. The molecule has 1 aromatic carbocycles. The number of benzene rings is 1. The molecule has 0 spiro atoms. The van der Waals surface area contributed by atoms with E-state index in [1.165, 1.54) is 0 Å². The van der Waals surface area contributed by atoms with Crippen molar-refractivity contribution in [1.29, 1.82) is 0 Å². The Hall–Kier alpha value is -2.76. The van der Waals surface area contributed by atoms with E-state index < -0.39 is 6.04 Å². The van der Waals surface area contributed by atoms with Gasteiger partial charge in [-0.15, -0.1) is 5.10 Å². The molecule has 1 fully saturated rings. The van der Waals surface area contributed by atoms with Gasteiger partial charge in [-0.05, 0) is 34.0 Å². The van der Waals surface area contributed by atoms with E-state index in [4.69, 9.17) is 19.8 Å². The lowest BCUT2D eigenvalue weighted by atomic mass is 10.0. The van der Waals surface area contributed by atoms with Gasteiger partial charge < -0.3 is 20.0 Å². The summed E-state index contributed by atoms with van der Waals surface area (Å²) in [7, 11) is 1.94. The normalized spacial score (nSPS) is 17.8. The number of carbonyl (C=O) groups excluding carboxylic acids is 1. The number of para-hydroxylation sites is 1. The molecule has 2 aliphatic heterocycles. The van der Waals surface area contributed by atoms with Crippen LogP contribution < -0.4 is 10.7 Å². The molecule has 0 bridgehead atoms. The molecular weight excluding hydrogens is 488 g/mol. The smallest absolute Gasteiger partial charge is 0.245 e. The number of fused-ring (bicyclic) bond motifs is 3. The van der Waals surface area contributed by atoms with Crippen molar-refractivity contribution in [2.24, 2.45) is 5.92 Å². The molecule has 1 atom stereocenters. The van der Waals surface area contributed by atoms with E-state index in [2.05, 4.69) is 26.7 Å². The maximum absolute atomic E-state index is 13.4. The quantitative estimate of drug-likeness (QED) is 0.534. The first-order valence-corrected chi connectivity index (χ1v) is 11.9. The first-order valence-electron chi connectivity index (χ1n) is 11.1. The van der Waals surface area contributed by atoms with Crippen molar-refractivity contribution in [3.8, 4) is 0 Å². The Bertz CT molecular complexity index is 1230. The highest BCUT2D eigenvalue weighted by atomic mass is 79.9. The summed E-state index contributed by atoms with van der Waals surface area (Å²) in [6, 6.07) is 5.43. The number of hydrazine groups is 1. The summed E-state index contributed by atoms with van der Waals surface area (Å²) in [5.41, 5.74) is 5.67. The zero-order valence-corrected chi connectivity index (χ0v) is 20.5. The summed E-state index contributed by atoms with van der Waals surface area (Å²) in [6.45, 7) is 7.02. The van der Waals surface area contributed by atoms with Crippen LogP contribution in [0.5, 0.6) is 0 Å². The number of nitrogens with one attached hydrogen (secondary N) is 2. The molecule has 4 heterocycles. The standard InChI is InChI=1S/C22H27BrN8O2/c1-13(2)17(21(32)30-7-9-33-10-8-30)25-22-26-18-15(5-4-6-16(18)23)20-27-19(28-31(20)22)14-11-24-29(3)12-14/h4-6,12-13,17,24H,7-11H2,1-3H3,(H,25,26)/t17-/m1/s1. The fourth-order valence-electron chi connectivity index (χ4n) is 4.13. The Kier molecular flexibility index (Phi) is 5.94. The van der Waals surface area contributed by atoms with Crippen molar-refractivity contribution in [1.82, 2.24) is 34.9 Å². The van der Waals surface area contributed by atoms with Crippen LogP contribution in [0.4, 0.5) is 5.95 Å². The van der Waals surface area contributed by atoms with Crippen molar-refractivity contribution in [3.63, 3.8) is 0 Å². The minimum atomic E-state index is -0.454. The van der Waals surface area contributed by atoms with Gasteiger partial charge in [-0.1, -0.05) is 19.9 Å². The van der Waals surface area contributed by atoms with Crippen molar-refractivity contribution < 1.29 is 9.53 Å². The van der Waals surface area contributed by atoms with Crippen molar-refractivity contribution in [3.05, 3.63) is 34.7 Å². The van der Waals surface area contributed by atoms with Crippen LogP contribution in [0.2, 0.25) is 0 Å². The molecule has 2 N–H and O–H groups in total. The molecule has 2 aliphatic rings. The second-order valence-electron chi connectivity index (χ2n) is 8.65. The number of nitrogens with zero attached hydrogens (tertiary/aromatic N) is 6. The highest BCUT2D eigenvalue weighted by Gasteiger charge is 2.30. The number of hydrogen-bond acceptors (Lipinski definition) is 8. The Morgan fingerprint density at radius 2 is 2.03 bits per heavy atom. The van der Waals surface area contributed by atoms with Crippen molar-refractivity contribution in [2.45, 2.75) is 19.9 Å². The topological polar surface area (TPSA) is 99.9 Å². The van der Waals surface area contributed by atoms with Crippen LogP contribution in [0.3, 0.4) is 0 Å².